The SMILES string of the molecule is COc1ccc(N([C@@H](C)C(=O)Nc2ccc(S(=O)(=O)Nc3ccccc3Cl)cc2)S(C)(=O)=O)cc1Cl. The van der Waals surface area contributed by atoms with Crippen molar-refractivity contribution in [2.24, 2.45) is 0 Å². The summed E-state index contributed by atoms with van der Waals surface area (Å²) in [5, 5.41) is 3.02. The Morgan fingerprint density at radius 1 is 0.944 bits per heavy atom. The Hall–Kier alpha value is -2.99. The number of hydrogen-bond acceptors (Lipinski definition) is 6. The second-order valence-corrected chi connectivity index (χ2v) is 12.0. The number of carbonyl (C=O) groups excluding carboxylic acids is 1. The number of nitrogens with zero attached hydrogens (tertiary/aromatic N) is 1. The molecule has 192 valence electrons. The van der Waals surface area contributed by atoms with Crippen molar-refractivity contribution in [2.45, 2.75) is 17.9 Å². The van der Waals surface area contributed by atoms with Crippen LogP contribution in [0.15, 0.2) is 71.6 Å². The second kappa shape index (κ2) is 11.0. The van der Waals surface area contributed by atoms with Crippen LogP contribution in [-0.2, 0) is 24.8 Å². The number of hydrogen-bond donors (Lipinski definition) is 2. The Morgan fingerprint density at radius 3 is 2.14 bits per heavy atom. The summed E-state index contributed by atoms with van der Waals surface area (Å²) in [6.07, 6.45) is 0.973. The molecule has 13 heteroatoms. The van der Waals surface area contributed by atoms with Gasteiger partial charge in [0.15, 0.2) is 0 Å². The van der Waals surface area contributed by atoms with E-state index in [4.69, 9.17) is 27.9 Å². The molecule has 0 fully saturated rings. The average Bonchev–Trinajstić information content (AvgIpc) is 2.80. The lowest BCUT2D eigenvalue weighted by atomic mass is 10.2. The zero-order valence-electron chi connectivity index (χ0n) is 19.4. The molecule has 0 bridgehead atoms. The van der Waals surface area contributed by atoms with Gasteiger partial charge in [-0.3, -0.25) is 13.8 Å². The first-order valence-electron chi connectivity index (χ1n) is 10.3. The van der Waals surface area contributed by atoms with Crippen LogP contribution in [0.4, 0.5) is 17.1 Å². The highest BCUT2D eigenvalue weighted by molar-refractivity contribution is 7.92. The van der Waals surface area contributed by atoms with Crippen molar-refractivity contribution in [3.05, 3.63) is 76.8 Å². The number of nitrogens with one attached hydrogen (secondary N) is 2. The molecule has 3 rings (SSSR count). The smallest absolute Gasteiger partial charge is 0.261 e. The molecule has 0 aromatic heterocycles. The van der Waals surface area contributed by atoms with E-state index in [-0.39, 0.29) is 32.0 Å². The number of benzene rings is 3. The fourth-order valence-corrected chi connectivity index (χ4v) is 6.05. The van der Waals surface area contributed by atoms with Gasteiger partial charge in [0.1, 0.15) is 11.8 Å². The summed E-state index contributed by atoms with van der Waals surface area (Å²) in [5.41, 5.74) is 0.674. The van der Waals surface area contributed by atoms with Gasteiger partial charge in [0.25, 0.3) is 10.0 Å². The van der Waals surface area contributed by atoms with Gasteiger partial charge in [0, 0.05) is 5.69 Å². The fourth-order valence-electron chi connectivity index (χ4n) is 3.31. The summed E-state index contributed by atoms with van der Waals surface area (Å²) in [6.45, 7) is 1.42. The van der Waals surface area contributed by atoms with Crippen LogP contribution in [0.25, 0.3) is 0 Å². The number of carbonyl (C=O) groups is 1. The van der Waals surface area contributed by atoms with Crippen LogP contribution in [0.5, 0.6) is 5.75 Å². The van der Waals surface area contributed by atoms with Gasteiger partial charge in [-0.1, -0.05) is 35.3 Å². The van der Waals surface area contributed by atoms with Crippen molar-refractivity contribution in [1.82, 2.24) is 0 Å². The van der Waals surface area contributed by atoms with Crippen LogP contribution < -0.4 is 19.1 Å². The predicted molar refractivity (Wildman–Crippen MR) is 142 cm³/mol. The minimum Gasteiger partial charge on any atom is -0.495 e. The molecule has 3 aromatic carbocycles. The number of ether oxygens (including phenoxy) is 1. The van der Waals surface area contributed by atoms with Crippen LogP contribution in [0, 0.1) is 0 Å². The van der Waals surface area contributed by atoms with Crippen molar-refractivity contribution in [3.8, 4) is 5.75 Å². The molecule has 1 atom stereocenters. The molecule has 36 heavy (non-hydrogen) atoms. The van der Waals surface area contributed by atoms with Crippen molar-refractivity contribution >= 4 is 66.2 Å². The molecule has 0 saturated carbocycles. The van der Waals surface area contributed by atoms with Crippen LogP contribution in [0.2, 0.25) is 10.0 Å². The number of para-hydroxylation sites is 1. The minimum atomic E-state index is -3.93. The van der Waals surface area contributed by atoms with E-state index in [0.717, 1.165) is 10.6 Å². The number of anilines is 3. The first-order chi connectivity index (χ1) is 16.8. The maximum Gasteiger partial charge on any atom is 0.261 e. The van der Waals surface area contributed by atoms with Crippen LogP contribution in [-0.4, -0.2) is 42.2 Å². The normalized spacial score (nSPS) is 12.5. The van der Waals surface area contributed by atoms with E-state index in [2.05, 4.69) is 10.0 Å². The number of methoxy groups -OCH3 is 1. The molecular weight excluding hydrogens is 549 g/mol. The van der Waals surface area contributed by atoms with Gasteiger partial charge in [-0.15, -0.1) is 0 Å². The predicted octanol–water partition coefficient (Wildman–Crippen LogP) is 4.60. The molecule has 2 N–H and O–H groups in total. The van der Waals surface area contributed by atoms with Gasteiger partial charge in [-0.05, 0) is 61.5 Å². The third-order valence-electron chi connectivity index (χ3n) is 5.03. The third-order valence-corrected chi connectivity index (χ3v) is 8.28. The zero-order chi connectivity index (χ0) is 26.7. The standard InChI is InChI=1S/C23H23Cl2N3O6S2/c1-15(28(35(3,30)31)17-10-13-22(34-2)20(25)14-17)23(29)26-16-8-11-18(12-9-16)36(32,33)27-21-7-5-4-6-19(21)24/h4-15,27H,1-3H3,(H,26,29)/t15-/m0/s1. The summed E-state index contributed by atoms with van der Waals surface area (Å²) >= 11 is 12.2. The molecule has 0 spiro atoms. The summed E-state index contributed by atoms with van der Waals surface area (Å²) < 4.78 is 58.8. The van der Waals surface area contributed by atoms with Crippen molar-refractivity contribution in [1.29, 1.82) is 0 Å². The van der Waals surface area contributed by atoms with Gasteiger partial charge in [0.05, 0.1) is 39.7 Å². The van der Waals surface area contributed by atoms with Gasteiger partial charge < -0.3 is 10.1 Å². The summed E-state index contributed by atoms with van der Waals surface area (Å²) in [5.74, 6) is -0.290. The molecule has 0 radical (unpaired) electrons. The number of sulfonamides is 2. The highest BCUT2D eigenvalue weighted by Gasteiger charge is 2.30. The minimum absolute atomic E-state index is 0.0564. The Kier molecular flexibility index (Phi) is 8.40. The Bertz CT molecular complexity index is 1480. The molecule has 9 nitrogen and oxygen atoms in total. The lowest BCUT2D eigenvalue weighted by Crippen LogP contribution is -2.45. The molecule has 0 aliphatic carbocycles. The summed E-state index contributed by atoms with van der Waals surface area (Å²) in [6, 6.07) is 15.0. The van der Waals surface area contributed by atoms with Crippen molar-refractivity contribution in [3.63, 3.8) is 0 Å². The van der Waals surface area contributed by atoms with Gasteiger partial charge in [0.2, 0.25) is 15.9 Å². The monoisotopic (exact) mass is 571 g/mol. The highest BCUT2D eigenvalue weighted by atomic mass is 35.5. The number of halogens is 2. The molecule has 0 saturated heterocycles. The number of rotatable bonds is 9. The Labute approximate surface area is 220 Å². The van der Waals surface area contributed by atoms with E-state index >= 15 is 0 Å². The topological polar surface area (TPSA) is 122 Å². The second-order valence-electron chi connectivity index (χ2n) is 7.65. The van der Waals surface area contributed by atoms with E-state index in [1.54, 1.807) is 18.2 Å². The van der Waals surface area contributed by atoms with Crippen LogP contribution in [0.1, 0.15) is 6.92 Å². The molecule has 0 unspecified atom stereocenters. The first-order valence-corrected chi connectivity index (χ1v) is 14.4. The van der Waals surface area contributed by atoms with E-state index in [0.29, 0.717) is 5.75 Å². The molecule has 0 aliphatic rings. The fraction of sp³-hybridized carbons (Fsp3) is 0.174. The summed E-state index contributed by atoms with van der Waals surface area (Å²) in [4.78, 5) is 12.9. The highest BCUT2D eigenvalue weighted by Crippen LogP contribution is 2.31. The van der Waals surface area contributed by atoms with E-state index < -0.39 is 32.0 Å². The van der Waals surface area contributed by atoms with Crippen molar-refractivity contribution < 1.29 is 26.4 Å². The maximum atomic E-state index is 12.9. The summed E-state index contributed by atoms with van der Waals surface area (Å²) in [7, 11) is -6.38. The lowest BCUT2D eigenvalue weighted by molar-refractivity contribution is -0.116. The van der Waals surface area contributed by atoms with E-state index in [1.165, 1.54) is 62.6 Å². The van der Waals surface area contributed by atoms with Crippen molar-refractivity contribution in [2.75, 3.05) is 27.7 Å². The van der Waals surface area contributed by atoms with Crippen LogP contribution in [0.3, 0.4) is 0 Å². The third kappa shape index (κ3) is 6.41. The van der Waals surface area contributed by atoms with Crippen LogP contribution >= 0.6 is 23.2 Å². The van der Waals surface area contributed by atoms with E-state index in [9.17, 15) is 21.6 Å². The maximum absolute atomic E-state index is 12.9. The lowest BCUT2D eigenvalue weighted by Gasteiger charge is -2.28. The first kappa shape index (κ1) is 27.6. The van der Waals surface area contributed by atoms with E-state index in [1.807, 2.05) is 0 Å². The zero-order valence-corrected chi connectivity index (χ0v) is 22.5. The van der Waals surface area contributed by atoms with Gasteiger partial charge in [-0.25, -0.2) is 16.8 Å². The molecular formula is C23H23Cl2N3O6S2. The Balaban J connectivity index is 1.79. The Morgan fingerprint density at radius 2 is 1.58 bits per heavy atom. The van der Waals surface area contributed by atoms with Gasteiger partial charge >= 0.3 is 0 Å². The molecule has 0 heterocycles. The largest absolute Gasteiger partial charge is 0.495 e. The molecule has 1 amide bonds. The number of amides is 1. The quantitative estimate of drug-likeness (QED) is 0.387. The van der Waals surface area contributed by atoms with Gasteiger partial charge in [-0.2, -0.15) is 0 Å². The average molecular weight is 572 g/mol. The molecule has 0 aliphatic heterocycles. The molecule has 3 aromatic rings.